The van der Waals surface area contributed by atoms with E-state index in [0.717, 1.165) is 28.9 Å². The first kappa shape index (κ1) is 32.9. The van der Waals surface area contributed by atoms with Gasteiger partial charge in [0.05, 0.1) is 0 Å². The van der Waals surface area contributed by atoms with Crippen molar-refractivity contribution < 1.29 is 0 Å². The maximum Gasteiger partial charge on any atom is 0.0462 e. The quantitative estimate of drug-likeness (QED) is 0.159. The molecule has 3 aliphatic carbocycles. The molecule has 1 spiro atoms. The number of benzene rings is 8. The van der Waals surface area contributed by atoms with Gasteiger partial charge in [0.25, 0.3) is 0 Å². The van der Waals surface area contributed by atoms with Crippen LogP contribution in [-0.2, 0) is 5.41 Å². The number of hydrogen-bond donors (Lipinski definition) is 0. The second-order valence-electron chi connectivity index (χ2n) is 16.1. The van der Waals surface area contributed by atoms with Gasteiger partial charge in [0.2, 0.25) is 0 Å². The smallest absolute Gasteiger partial charge is 0.0462 e. The summed E-state index contributed by atoms with van der Waals surface area (Å²) >= 11 is 0. The van der Waals surface area contributed by atoms with Gasteiger partial charge >= 0.3 is 0 Å². The molecule has 2 fully saturated rings. The molecule has 8 aromatic carbocycles. The summed E-state index contributed by atoms with van der Waals surface area (Å²) in [5.74, 6) is 1.65. The van der Waals surface area contributed by atoms with Gasteiger partial charge in [-0.2, -0.15) is 0 Å². The third kappa shape index (κ3) is 5.45. The van der Waals surface area contributed by atoms with Crippen molar-refractivity contribution in [1.82, 2.24) is 0 Å². The molecule has 0 radical (unpaired) electrons. The van der Waals surface area contributed by atoms with Crippen LogP contribution in [-0.4, -0.2) is 0 Å². The lowest BCUT2D eigenvalue weighted by Gasteiger charge is -2.36. The topological polar surface area (TPSA) is 3.24 Å². The minimum Gasteiger partial charge on any atom is -0.311 e. The highest BCUT2D eigenvalue weighted by Gasteiger charge is 2.56. The largest absolute Gasteiger partial charge is 0.311 e. The molecule has 0 saturated heterocycles. The Morgan fingerprint density at radius 2 is 0.768 bits per heavy atom. The predicted octanol–water partition coefficient (Wildman–Crippen LogP) is 14.9. The Bertz CT molecular complexity index is 2580. The van der Waals surface area contributed by atoms with Gasteiger partial charge in [0.1, 0.15) is 0 Å². The average Bonchev–Trinajstić information content (AvgIpc) is 3.98. The molecule has 0 amide bonds. The molecule has 0 aliphatic heterocycles. The molecule has 3 aliphatic rings. The van der Waals surface area contributed by atoms with Crippen LogP contribution in [0.15, 0.2) is 200 Å². The molecule has 11 rings (SSSR count). The monoisotopic (exact) mass is 717 g/mol. The van der Waals surface area contributed by atoms with Gasteiger partial charge in [0.15, 0.2) is 0 Å². The van der Waals surface area contributed by atoms with Crippen molar-refractivity contribution in [3.05, 3.63) is 211 Å². The Hall–Kier alpha value is -6.44. The fourth-order valence-electron chi connectivity index (χ4n) is 10.5. The number of nitrogens with zero attached hydrogens (tertiary/aromatic N) is 1. The van der Waals surface area contributed by atoms with E-state index in [2.05, 4.69) is 205 Å². The zero-order chi connectivity index (χ0) is 37.1. The van der Waals surface area contributed by atoms with Crippen molar-refractivity contribution in [3.8, 4) is 55.6 Å². The van der Waals surface area contributed by atoms with Crippen molar-refractivity contribution in [3.63, 3.8) is 0 Å². The Morgan fingerprint density at radius 1 is 0.357 bits per heavy atom. The molecule has 3 atom stereocenters. The van der Waals surface area contributed by atoms with Crippen LogP contribution >= 0.6 is 0 Å². The summed E-state index contributed by atoms with van der Waals surface area (Å²) in [5.41, 5.74) is 19.6. The van der Waals surface area contributed by atoms with Crippen LogP contribution in [0.1, 0.15) is 36.8 Å². The second-order valence-corrected chi connectivity index (χ2v) is 16.1. The van der Waals surface area contributed by atoms with Crippen LogP contribution in [0.25, 0.3) is 55.6 Å². The van der Waals surface area contributed by atoms with E-state index in [1.807, 2.05) is 0 Å². The van der Waals surface area contributed by atoms with E-state index in [1.54, 1.807) is 11.1 Å². The van der Waals surface area contributed by atoms with Crippen LogP contribution in [0.3, 0.4) is 0 Å². The average molecular weight is 718 g/mol. The fraction of sp³-hybridized carbons (Fsp3) is 0.127. The molecule has 1 heteroatoms. The Balaban J connectivity index is 0.897. The molecule has 0 aromatic heterocycles. The van der Waals surface area contributed by atoms with Gasteiger partial charge in [-0.05, 0) is 140 Å². The third-order valence-corrected chi connectivity index (χ3v) is 13.2. The molecule has 56 heavy (non-hydrogen) atoms. The zero-order valence-electron chi connectivity index (χ0n) is 31.5. The minimum atomic E-state index is 0.203. The molecule has 0 N–H and O–H groups in total. The van der Waals surface area contributed by atoms with Crippen LogP contribution in [0, 0.1) is 11.8 Å². The lowest BCUT2D eigenvalue weighted by molar-refractivity contribution is 0.327. The lowest BCUT2D eigenvalue weighted by atomic mass is 9.66. The standard InChI is InChI=1S/C55H43N/c1-3-9-39(10-4-1)42-20-28-48(29-21-42)56(49-30-22-43(23-31-49)40-11-5-2-6-12-40)50-32-24-44(25-33-50)41-16-18-45(19-17-41)46-26-34-52-51-13-7-8-14-53(51)55(54(52)36-46)37-38-15-27-47(55)35-38/h1-14,16-26,28-34,36,38,47H,15,27,35,37H2. The van der Waals surface area contributed by atoms with E-state index in [4.69, 9.17) is 0 Å². The van der Waals surface area contributed by atoms with Gasteiger partial charge in [-0.3, -0.25) is 0 Å². The normalized spacial score (nSPS) is 18.9. The molecular weight excluding hydrogens is 675 g/mol. The van der Waals surface area contributed by atoms with E-state index in [-0.39, 0.29) is 5.41 Å². The van der Waals surface area contributed by atoms with Crippen LogP contribution in [0.5, 0.6) is 0 Å². The Kier molecular flexibility index (Phi) is 7.88. The number of hydrogen-bond acceptors (Lipinski definition) is 1. The highest BCUT2D eigenvalue weighted by atomic mass is 15.1. The molecule has 1 nitrogen and oxygen atoms in total. The van der Waals surface area contributed by atoms with Gasteiger partial charge < -0.3 is 4.90 Å². The first-order chi connectivity index (χ1) is 27.7. The van der Waals surface area contributed by atoms with Gasteiger partial charge in [0, 0.05) is 22.5 Å². The summed E-state index contributed by atoms with van der Waals surface area (Å²) in [6.45, 7) is 0. The highest BCUT2D eigenvalue weighted by Crippen LogP contribution is 2.65. The molecule has 2 bridgehead atoms. The lowest BCUT2D eigenvalue weighted by Crippen LogP contribution is -2.31. The van der Waals surface area contributed by atoms with Gasteiger partial charge in [-0.25, -0.2) is 0 Å². The van der Waals surface area contributed by atoms with Gasteiger partial charge in [-0.1, -0.05) is 164 Å². The molecular formula is C55H43N. The molecule has 3 unspecified atom stereocenters. The zero-order valence-corrected chi connectivity index (χ0v) is 31.5. The first-order valence-corrected chi connectivity index (χ1v) is 20.3. The van der Waals surface area contributed by atoms with Crippen LogP contribution in [0.4, 0.5) is 17.1 Å². The highest BCUT2D eigenvalue weighted by molar-refractivity contribution is 5.85. The summed E-state index contributed by atoms with van der Waals surface area (Å²) < 4.78 is 0. The van der Waals surface area contributed by atoms with Crippen molar-refractivity contribution in [2.24, 2.45) is 11.8 Å². The maximum atomic E-state index is 2.55. The summed E-state index contributed by atoms with van der Waals surface area (Å²) in [5, 5.41) is 0. The number of anilines is 3. The van der Waals surface area contributed by atoms with E-state index in [0.29, 0.717) is 0 Å². The third-order valence-electron chi connectivity index (χ3n) is 13.2. The second kappa shape index (κ2) is 13.4. The molecule has 2 saturated carbocycles. The first-order valence-electron chi connectivity index (χ1n) is 20.3. The summed E-state index contributed by atoms with van der Waals surface area (Å²) in [4.78, 5) is 2.35. The van der Waals surface area contributed by atoms with Gasteiger partial charge in [-0.15, -0.1) is 0 Å². The maximum absolute atomic E-state index is 2.55. The van der Waals surface area contributed by atoms with E-state index < -0.39 is 0 Å². The van der Waals surface area contributed by atoms with Crippen molar-refractivity contribution in [1.29, 1.82) is 0 Å². The summed E-state index contributed by atoms with van der Waals surface area (Å²) in [6, 6.07) is 73.8. The Labute approximate surface area is 330 Å². The summed E-state index contributed by atoms with van der Waals surface area (Å²) in [6.07, 6.45) is 5.49. The van der Waals surface area contributed by atoms with E-state index in [1.165, 1.54) is 81.3 Å². The number of rotatable bonds is 7. The van der Waals surface area contributed by atoms with Crippen molar-refractivity contribution in [2.45, 2.75) is 31.1 Å². The van der Waals surface area contributed by atoms with E-state index in [9.17, 15) is 0 Å². The fourth-order valence-corrected chi connectivity index (χ4v) is 10.5. The molecule has 8 aromatic rings. The summed E-state index contributed by atoms with van der Waals surface area (Å²) in [7, 11) is 0. The van der Waals surface area contributed by atoms with Crippen molar-refractivity contribution in [2.75, 3.05) is 4.90 Å². The Morgan fingerprint density at radius 3 is 1.25 bits per heavy atom. The molecule has 0 heterocycles. The number of fused-ring (bicyclic) bond motifs is 8. The van der Waals surface area contributed by atoms with Crippen LogP contribution < -0.4 is 4.90 Å². The minimum absolute atomic E-state index is 0.203. The van der Waals surface area contributed by atoms with E-state index >= 15 is 0 Å². The SMILES string of the molecule is c1ccc(-c2ccc(N(c3ccc(-c4ccccc4)cc3)c3ccc(-c4ccc(-c5ccc6c(c5)C5(CC7CCC5C7)c5ccccc5-6)cc4)cc3)cc2)cc1. The predicted molar refractivity (Wildman–Crippen MR) is 235 cm³/mol. The molecule has 268 valence electrons. The van der Waals surface area contributed by atoms with Crippen molar-refractivity contribution >= 4 is 17.1 Å². The van der Waals surface area contributed by atoms with Crippen LogP contribution in [0.2, 0.25) is 0 Å².